The van der Waals surface area contributed by atoms with E-state index >= 15 is 0 Å². The topological polar surface area (TPSA) is 96.7 Å². The minimum Gasteiger partial charge on any atom is -0.339 e. The monoisotopic (exact) mass is 667 g/mol. The van der Waals surface area contributed by atoms with Gasteiger partial charge in [0, 0.05) is 23.6 Å². The largest absolute Gasteiger partial charge is 0.416 e. The molecule has 3 atom stereocenters. The van der Waals surface area contributed by atoms with Crippen LogP contribution in [0.1, 0.15) is 73.3 Å². The molecule has 8 nitrogen and oxygen atoms in total. The lowest BCUT2D eigenvalue weighted by Gasteiger charge is -2.38. The fraction of sp³-hybridized carbons (Fsp3) is 0.294. The minimum absolute atomic E-state index is 0.139. The maximum absolute atomic E-state index is 14.4. The Labute approximate surface area is 272 Å². The van der Waals surface area contributed by atoms with Crippen LogP contribution in [0.2, 0.25) is 0 Å². The molecule has 0 spiro atoms. The molecular weight excluding hydrogens is 634 g/mol. The molecule has 0 saturated heterocycles. The van der Waals surface area contributed by atoms with Gasteiger partial charge in [0.15, 0.2) is 0 Å². The van der Waals surface area contributed by atoms with E-state index in [4.69, 9.17) is 5.10 Å². The van der Waals surface area contributed by atoms with Crippen LogP contribution in [0.25, 0.3) is 5.69 Å². The fourth-order valence-electron chi connectivity index (χ4n) is 5.41. The molecule has 1 unspecified atom stereocenters. The Kier molecular flexibility index (Phi) is 9.22. The number of halogens is 4. The summed E-state index contributed by atoms with van der Waals surface area (Å²) in [4.78, 5) is 29.4. The number of hydrogen-bond acceptors (Lipinski definition) is 4. The van der Waals surface area contributed by atoms with Gasteiger partial charge in [-0.25, -0.2) is 13.3 Å². The molecule has 5 rings (SSSR count). The molecule has 13 heteroatoms. The second kappa shape index (κ2) is 12.9. The van der Waals surface area contributed by atoms with Crippen LogP contribution < -0.4 is 10.2 Å². The highest BCUT2D eigenvalue weighted by Gasteiger charge is 2.47. The fourth-order valence-corrected chi connectivity index (χ4v) is 6.02. The highest BCUT2D eigenvalue weighted by atomic mass is 32.2. The second-order valence-corrected chi connectivity index (χ2v) is 13.9. The van der Waals surface area contributed by atoms with E-state index < -0.39 is 57.1 Å². The van der Waals surface area contributed by atoms with Gasteiger partial charge in [-0.05, 0) is 82.6 Å². The molecule has 3 aromatic carbocycles. The lowest BCUT2D eigenvalue weighted by atomic mass is 9.80. The highest BCUT2D eigenvalue weighted by Crippen LogP contribution is 2.44. The summed E-state index contributed by atoms with van der Waals surface area (Å²) >= 11 is 0. The summed E-state index contributed by atoms with van der Waals surface area (Å²) in [5.74, 6) is -2.61. The normalized spacial score (nSPS) is 17.8. The average molecular weight is 668 g/mol. The Balaban J connectivity index is 1.76. The Morgan fingerprint density at radius 1 is 1.00 bits per heavy atom. The zero-order valence-corrected chi connectivity index (χ0v) is 27.1. The number of likely N-dealkylation sites (N-methyl/N-ethyl adjacent to an activating group) is 1. The molecule has 47 heavy (non-hydrogen) atoms. The first-order valence-corrected chi connectivity index (χ1v) is 15.9. The quantitative estimate of drug-likeness (QED) is 0.178. The van der Waals surface area contributed by atoms with E-state index in [1.165, 1.54) is 35.2 Å². The molecule has 0 bridgehead atoms. The second-order valence-electron chi connectivity index (χ2n) is 12.0. The van der Waals surface area contributed by atoms with Gasteiger partial charge >= 0.3 is 6.18 Å². The number of anilines is 1. The smallest absolute Gasteiger partial charge is 0.339 e. The van der Waals surface area contributed by atoms with Gasteiger partial charge in [0.25, 0.3) is 11.8 Å². The van der Waals surface area contributed by atoms with E-state index in [1.807, 2.05) is 6.07 Å². The number of carbonyl (C=O) groups is 2. The number of rotatable bonds is 7. The van der Waals surface area contributed by atoms with Crippen LogP contribution in [0.4, 0.5) is 23.4 Å². The van der Waals surface area contributed by atoms with Gasteiger partial charge in [-0.1, -0.05) is 36.4 Å². The van der Waals surface area contributed by atoms with Crippen molar-refractivity contribution >= 4 is 34.3 Å². The number of aromatic nitrogens is 2. The number of fused-ring (bicyclic) bond motifs is 1. The number of amides is 2. The number of nitrogens with zero attached hydrogens (tertiary/aromatic N) is 4. The van der Waals surface area contributed by atoms with Crippen LogP contribution in [-0.2, 0) is 22.0 Å². The standard InChI is InChI=1S/C34H33F4N5O3S/c1-6-42-31-27(28(20(2)41-47(46)33(3,4)5)40-43(31)25-13-8-7-9-14-25)26(21-15-17-24(35)18-16-21)29(32(42)45)39-30(44)22-11-10-12-23(19-22)34(36,37)38/h7-19,26,29H,6H2,1-5H3,(H,39,44)/b41-20+/t26-,29-,47?/m0/s1. The van der Waals surface area contributed by atoms with Crippen LogP contribution in [0.15, 0.2) is 83.3 Å². The number of nitrogens with one attached hydrogen (secondary N) is 1. The summed E-state index contributed by atoms with van der Waals surface area (Å²) in [6, 6.07) is 17.0. The molecule has 2 amide bonds. The number of hydrogen-bond donors (Lipinski definition) is 1. The number of carbonyl (C=O) groups excluding carboxylic acids is 2. The summed E-state index contributed by atoms with van der Waals surface area (Å²) in [6.07, 6.45) is -4.69. The van der Waals surface area contributed by atoms with E-state index in [1.54, 1.807) is 63.6 Å². The van der Waals surface area contributed by atoms with Gasteiger partial charge in [0.1, 0.15) is 34.4 Å². The van der Waals surface area contributed by atoms with Crippen molar-refractivity contribution in [1.29, 1.82) is 0 Å². The van der Waals surface area contributed by atoms with Crippen LogP contribution in [0.5, 0.6) is 0 Å². The van der Waals surface area contributed by atoms with E-state index in [-0.39, 0.29) is 12.1 Å². The van der Waals surface area contributed by atoms with Crippen molar-refractivity contribution in [2.45, 2.75) is 57.5 Å². The highest BCUT2D eigenvalue weighted by molar-refractivity contribution is 7.85. The molecule has 0 aliphatic carbocycles. The first kappa shape index (κ1) is 33.7. The summed E-state index contributed by atoms with van der Waals surface area (Å²) in [6.45, 7) is 8.84. The number of alkyl halides is 3. The van der Waals surface area contributed by atoms with Gasteiger partial charge in [-0.15, -0.1) is 0 Å². The van der Waals surface area contributed by atoms with E-state index in [0.717, 1.165) is 18.2 Å². The van der Waals surface area contributed by atoms with Crippen molar-refractivity contribution < 1.29 is 31.4 Å². The maximum Gasteiger partial charge on any atom is 0.416 e. The molecule has 4 aromatic rings. The molecule has 2 heterocycles. The van der Waals surface area contributed by atoms with Crippen molar-refractivity contribution in [2.75, 3.05) is 11.4 Å². The summed E-state index contributed by atoms with van der Waals surface area (Å²) < 4.78 is 73.2. The molecule has 0 saturated carbocycles. The predicted molar refractivity (Wildman–Crippen MR) is 173 cm³/mol. The predicted octanol–water partition coefficient (Wildman–Crippen LogP) is 6.60. The minimum atomic E-state index is -4.69. The maximum atomic E-state index is 14.4. The Bertz CT molecular complexity index is 1870. The molecule has 1 aliphatic rings. The van der Waals surface area contributed by atoms with Crippen molar-refractivity contribution in [2.24, 2.45) is 4.40 Å². The molecule has 0 fully saturated rings. The lowest BCUT2D eigenvalue weighted by Crippen LogP contribution is -2.55. The summed E-state index contributed by atoms with van der Waals surface area (Å²) in [5.41, 5.74) is 0.767. The van der Waals surface area contributed by atoms with Gasteiger partial charge < -0.3 is 5.32 Å². The average Bonchev–Trinajstić information content (AvgIpc) is 3.42. The van der Waals surface area contributed by atoms with Crippen LogP contribution in [0, 0.1) is 5.82 Å². The van der Waals surface area contributed by atoms with Crippen LogP contribution in [-0.4, -0.2) is 48.8 Å². The lowest BCUT2D eigenvalue weighted by molar-refractivity contribution is -0.137. The van der Waals surface area contributed by atoms with Gasteiger partial charge in [-0.3, -0.25) is 14.5 Å². The van der Waals surface area contributed by atoms with Crippen molar-refractivity contribution in [3.05, 3.63) is 113 Å². The first-order valence-electron chi connectivity index (χ1n) is 14.8. The third-order valence-corrected chi connectivity index (χ3v) is 9.19. The molecule has 246 valence electrons. The molecule has 1 N–H and O–H groups in total. The zero-order chi connectivity index (χ0) is 34.3. The van der Waals surface area contributed by atoms with E-state index in [9.17, 15) is 31.4 Å². The number of para-hydroxylation sites is 1. The van der Waals surface area contributed by atoms with Crippen molar-refractivity contribution in [3.8, 4) is 5.69 Å². The third-order valence-electron chi connectivity index (χ3n) is 7.70. The van der Waals surface area contributed by atoms with Gasteiger partial charge in [0.05, 0.1) is 21.7 Å². The van der Waals surface area contributed by atoms with Crippen molar-refractivity contribution in [3.63, 3.8) is 0 Å². The number of benzene rings is 3. The van der Waals surface area contributed by atoms with Crippen molar-refractivity contribution in [1.82, 2.24) is 15.1 Å². The Hall–Kier alpha value is -4.65. The summed E-state index contributed by atoms with van der Waals surface area (Å²) in [7, 11) is -1.69. The Morgan fingerprint density at radius 3 is 2.26 bits per heavy atom. The molecule has 0 radical (unpaired) electrons. The third kappa shape index (κ3) is 6.76. The van der Waals surface area contributed by atoms with Crippen LogP contribution >= 0.6 is 0 Å². The first-order chi connectivity index (χ1) is 22.1. The molecule has 1 aromatic heterocycles. The van der Waals surface area contributed by atoms with E-state index in [0.29, 0.717) is 34.0 Å². The van der Waals surface area contributed by atoms with E-state index in [2.05, 4.69) is 9.71 Å². The Morgan fingerprint density at radius 2 is 1.66 bits per heavy atom. The van der Waals surface area contributed by atoms with Gasteiger partial charge in [-0.2, -0.15) is 22.7 Å². The van der Waals surface area contributed by atoms with Gasteiger partial charge in [0.2, 0.25) is 0 Å². The molecule has 1 aliphatic heterocycles. The summed E-state index contributed by atoms with van der Waals surface area (Å²) in [5, 5.41) is 7.56. The SMILES string of the molecule is CCN1C(=O)[C@@H](NC(=O)c2cccc(C(F)(F)F)c2)[C@@H](c2ccc(F)cc2)c2c(/C(C)=N/S(=O)C(C)(C)C)nn(-c3ccccc3)c21. The molecular formula is C34H33F4N5O3S. The zero-order valence-electron chi connectivity index (χ0n) is 26.3. The van der Waals surface area contributed by atoms with Crippen LogP contribution in [0.3, 0.4) is 0 Å².